The zero-order valence-electron chi connectivity index (χ0n) is 14.8. The van der Waals surface area contributed by atoms with Crippen molar-refractivity contribution in [3.8, 4) is 0 Å². The Morgan fingerprint density at radius 3 is 2.75 bits per heavy atom. The van der Waals surface area contributed by atoms with Crippen molar-refractivity contribution in [2.24, 2.45) is 0 Å². The molecule has 0 unspecified atom stereocenters. The van der Waals surface area contributed by atoms with E-state index in [-0.39, 0.29) is 11.7 Å². The second-order valence-corrected chi connectivity index (χ2v) is 8.13. The molecule has 0 saturated carbocycles. The van der Waals surface area contributed by atoms with Crippen molar-refractivity contribution in [2.75, 3.05) is 11.4 Å². The van der Waals surface area contributed by atoms with Crippen molar-refractivity contribution in [3.05, 3.63) is 77.0 Å². The van der Waals surface area contributed by atoms with Crippen LogP contribution in [0.3, 0.4) is 0 Å². The Bertz CT molecular complexity index is 1100. The van der Waals surface area contributed by atoms with E-state index in [9.17, 15) is 9.18 Å². The van der Waals surface area contributed by atoms with Gasteiger partial charge in [0.05, 0.1) is 11.0 Å². The molecule has 0 fully saturated rings. The molecular formula is C20H16BrFN4OS. The van der Waals surface area contributed by atoms with Crippen LogP contribution in [-0.2, 0) is 6.54 Å². The van der Waals surface area contributed by atoms with Crippen LogP contribution in [0.2, 0.25) is 0 Å². The van der Waals surface area contributed by atoms with E-state index in [4.69, 9.17) is 0 Å². The van der Waals surface area contributed by atoms with E-state index in [0.717, 1.165) is 22.1 Å². The van der Waals surface area contributed by atoms with E-state index in [0.29, 0.717) is 22.8 Å². The van der Waals surface area contributed by atoms with E-state index in [2.05, 4.69) is 25.9 Å². The molecule has 0 spiro atoms. The van der Waals surface area contributed by atoms with Gasteiger partial charge in [0.25, 0.3) is 5.91 Å². The highest BCUT2D eigenvalue weighted by Gasteiger charge is 2.22. The molecule has 0 aliphatic rings. The smallest absolute Gasteiger partial charge is 0.260 e. The van der Waals surface area contributed by atoms with Crippen molar-refractivity contribution < 1.29 is 9.18 Å². The third-order valence-corrected chi connectivity index (χ3v) is 5.86. The molecule has 2 aromatic heterocycles. The third-order valence-electron chi connectivity index (χ3n) is 4.28. The van der Waals surface area contributed by atoms with Crippen LogP contribution in [0.1, 0.15) is 16.8 Å². The van der Waals surface area contributed by atoms with Crippen molar-refractivity contribution in [3.63, 3.8) is 0 Å². The summed E-state index contributed by atoms with van der Waals surface area (Å²) in [5.74, 6) is -0.535. The van der Waals surface area contributed by atoms with Gasteiger partial charge in [-0.05, 0) is 42.8 Å². The number of carbonyl (C=O) groups excluding carboxylic acids is 1. The Hall–Kier alpha value is -2.58. The average Bonchev–Trinajstić information content (AvgIpc) is 3.36. The highest BCUT2D eigenvalue weighted by molar-refractivity contribution is 9.10. The Morgan fingerprint density at radius 2 is 2.04 bits per heavy atom. The number of aryl methyl sites for hydroxylation is 1. The Kier molecular flexibility index (Phi) is 5.50. The number of benzene rings is 2. The summed E-state index contributed by atoms with van der Waals surface area (Å²) in [5.41, 5.74) is 0.858. The molecule has 0 atom stereocenters. The minimum atomic E-state index is -0.380. The third kappa shape index (κ3) is 3.98. The number of carbonyl (C=O) groups is 1. The zero-order valence-corrected chi connectivity index (χ0v) is 17.2. The number of nitrogens with zero attached hydrogens (tertiary/aromatic N) is 4. The van der Waals surface area contributed by atoms with Crippen LogP contribution in [0, 0.1) is 5.82 Å². The highest BCUT2D eigenvalue weighted by Crippen LogP contribution is 2.31. The Morgan fingerprint density at radius 1 is 1.21 bits per heavy atom. The van der Waals surface area contributed by atoms with E-state index >= 15 is 0 Å². The molecule has 0 N–H and O–H groups in total. The first-order chi connectivity index (χ1) is 13.6. The quantitative estimate of drug-likeness (QED) is 0.402. The first-order valence-electron chi connectivity index (χ1n) is 8.70. The number of hydrogen-bond acceptors (Lipinski definition) is 4. The molecule has 1 amide bonds. The molecule has 28 heavy (non-hydrogen) atoms. The van der Waals surface area contributed by atoms with Gasteiger partial charge in [0.1, 0.15) is 11.3 Å². The SMILES string of the molecule is O=C(c1ccc(Br)cc1)N(CCCn1ccnc1)c1nc2c(F)cccc2s1. The molecule has 2 heterocycles. The molecule has 142 valence electrons. The number of aromatic nitrogens is 3. The lowest BCUT2D eigenvalue weighted by Gasteiger charge is -2.20. The van der Waals surface area contributed by atoms with Gasteiger partial charge < -0.3 is 4.57 Å². The van der Waals surface area contributed by atoms with Gasteiger partial charge in [0.2, 0.25) is 0 Å². The molecule has 4 rings (SSSR count). The van der Waals surface area contributed by atoms with E-state index in [1.54, 1.807) is 35.6 Å². The summed E-state index contributed by atoms with van der Waals surface area (Å²) in [7, 11) is 0. The summed E-state index contributed by atoms with van der Waals surface area (Å²) in [6.45, 7) is 1.19. The molecular weight excluding hydrogens is 443 g/mol. The molecule has 2 aromatic carbocycles. The first-order valence-corrected chi connectivity index (χ1v) is 10.3. The van der Waals surface area contributed by atoms with Crippen LogP contribution < -0.4 is 4.90 Å². The maximum absolute atomic E-state index is 14.1. The fourth-order valence-corrected chi connectivity index (χ4v) is 4.15. The fraction of sp³-hybridized carbons (Fsp3) is 0.150. The fourth-order valence-electron chi connectivity index (χ4n) is 2.88. The molecule has 0 aliphatic carbocycles. The zero-order chi connectivity index (χ0) is 19.5. The minimum absolute atomic E-state index is 0.155. The molecule has 0 saturated heterocycles. The molecule has 4 aromatic rings. The maximum atomic E-state index is 14.1. The average molecular weight is 459 g/mol. The normalized spacial score (nSPS) is 11.1. The van der Waals surface area contributed by atoms with Crippen molar-refractivity contribution in [1.29, 1.82) is 0 Å². The van der Waals surface area contributed by atoms with Gasteiger partial charge in [-0.3, -0.25) is 9.69 Å². The topological polar surface area (TPSA) is 51.0 Å². The second-order valence-electron chi connectivity index (χ2n) is 6.20. The van der Waals surface area contributed by atoms with E-state index < -0.39 is 0 Å². The summed E-state index contributed by atoms with van der Waals surface area (Å²) in [4.78, 5) is 23.3. The summed E-state index contributed by atoms with van der Waals surface area (Å²) >= 11 is 4.71. The summed E-state index contributed by atoms with van der Waals surface area (Å²) in [6, 6.07) is 12.0. The van der Waals surface area contributed by atoms with Crippen LogP contribution in [0.4, 0.5) is 9.52 Å². The maximum Gasteiger partial charge on any atom is 0.260 e. The monoisotopic (exact) mass is 458 g/mol. The minimum Gasteiger partial charge on any atom is -0.337 e. The Balaban J connectivity index is 1.64. The van der Waals surface area contributed by atoms with Gasteiger partial charge >= 0.3 is 0 Å². The van der Waals surface area contributed by atoms with Crippen LogP contribution in [0.25, 0.3) is 10.2 Å². The number of anilines is 1. The van der Waals surface area contributed by atoms with Crippen LogP contribution in [-0.4, -0.2) is 27.0 Å². The number of fused-ring (bicyclic) bond motifs is 1. The predicted octanol–water partition coefficient (Wildman–Crippen LogP) is 5.13. The van der Waals surface area contributed by atoms with Crippen molar-refractivity contribution in [1.82, 2.24) is 14.5 Å². The lowest BCUT2D eigenvalue weighted by Crippen LogP contribution is -2.32. The summed E-state index contributed by atoms with van der Waals surface area (Å²) in [5, 5.41) is 0.499. The lowest BCUT2D eigenvalue weighted by atomic mass is 10.2. The molecule has 0 bridgehead atoms. The van der Waals surface area contributed by atoms with Crippen LogP contribution >= 0.6 is 27.3 Å². The predicted molar refractivity (Wildman–Crippen MR) is 112 cm³/mol. The van der Waals surface area contributed by atoms with Gasteiger partial charge in [-0.15, -0.1) is 0 Å². The van der Waals surface area contributed by atoms with E-state index in [1.165, 1.54) is 17.4 Å². The van der Waals surface area contributed by atoms with Gasteiger partial charge in [-0.25, -0.2) is 14.4 Å². The number of rotatable bonds is 6. The van der Waals surface area contributed by atoms with Crippen LogP contribution in [0.5, 0.6) is 0 Å². The van der Waals surface area contributed by atoms with Crippen molar-refractivity contribution in [2.45, 2.75) is 13.0 Å². The summed E-state index contributed by atoms with van der Waals surface area (Å²) in [6.07, 6.45) is 6.07. The molecule has 5 nitrogen and oxygen atoms in total. The van der Waals surface area contributed by atoms with Crippen molar-refractivity contribution >= 4 is 48.5 Å². The van der Waals surface area contributed by atoms with Gasteiger partial charge in [-0.2, -0.15) is 0 Å². The highest BCUT2D eigenvalue weighted by atomic mass is 79.9. The van der Waals surface area contributed by atoms with Gasteiger partial charge in [-0.1, -0.05) is 33.3 Å². The molecule has 8 heteroatoms. The summed E-state index contributed by atoms with van der Waals surface area (Å²) < 4.78 is 17.7. The number of hydrogen-bond donors (Lipinski definition) is 0. The number of imidazole rings is 1. The van der Waals surface area contributed by atoms with E-state index in [1.807, 2.05) is 29.0 Å². The number of halogens is 2. The lowest BCUT2D eigenvalue weighted by molar-refractivity contribution is 0.0986. The van der Waals surface area contributed by atoms with Crippen LogP contribution in [0.15, 0.2) is 65.7 Å². The van der Waals surface area contributed by atoms with Gasteiger partial charge in [0.15, 0.2) is 5.13 Å². The first kappa shape index (κ1) is 18.8. The van der Waals surface area contributed by atoms with Gasteiger partial charge in [0, 0.05) is 35.5 Å². The number of thiazole rings is 1. The molecule has 0 radical (unpaired) electrons. The second kappa shape index (κ2) is 8.20. The molecule has 0 aliphatic heterocycles. The largest absolute Gasteiger partial charge is 0.337 e. The number of amides is 1. The number of para-hydroxylation sites is 1. The Labute approximate surface area is 173 Å². The standard InChI is InChI=1S/C20H16BrFN4OS/c21-15-7-5-14(6-8-15)19(27)26(11-2-10-25-12-9-23-13-25)20-24-18-16(22)3-1-4-17(18)28-20/h1,3-9,12-13H,2,10-11H2.